The maximum Gasteiger partial charge on any atom is 0.242 e. The fourth-order valence-electron chi connectivity index (χ4n) is 3.60. The highest BCUT2D eigenvalue weighted by molar-refractivity contribution is 5.83. The van der Waals surface area contributed by atoms with Gasteiger partial charge in [0, 0.05) is 51.3 Å². The number of carbonyl (C=O) groups excluding carboxylic acids is 1. The summed E-state index contributed by atoms with van der Waals surface area (Å²) in [6.07, 6.45) is 6.50. The first-order chi connectivity index (χ1) is 13.2. The van der Waals surface area contributed by atoms with Crippen LogP contribution in [0.5, 0.6) is 0 Å². The molecule has 1 aromatic carbocycles. The van der Waals surface area contributed by atoms with Crippen molar-refractivity contribution < 1.29 is 9.18 Å². The molecule has 6 heteroatoms. The molecular weight excluding hydrogens is 343 g/mol. The Morgan fingerprint density at radius 2 is 1.81 bits per heavy atom. The van der Waals surface area contributed by atoms with Crippen molar-refractivity contribution in [1.29, 1.82) is 0 Å². The Balaban J connectivity index is 1.30. The van der Waals surface area contributed by atoms with Gasteiger partial charge in [0.25, 0.3) is 0 Å². The molecule has 0 bridgehead atoms. The van der Waals surface area contributed by atoms with E-state index in [4.69, 9.17) is 0 Å². The number of piperazine rings is 1. The second kappa shape index (κ2) is 7.88. The minimum absolute atomic E-state index is 0.0885. The van der Waals surface area contributed by atoms with E-state index in [9.17, 15) is 9.18 Å². The Hall–Kier alpha value is -2.73. The molecule has 0 aliphatic carbocycles. The maximum absolute atomic E-state index is 13.5. The summed E-state index contributed by atoms with van der Waals surface area (Å²) in [7, 11) is 0. The number of hydrogen-bond acceptors (Lipinski definition) is 3. The minimum Gasteiger partial charge on any atom is -0.339 e. The molecule has 1 saturated heterocycles. The zero-order chi connectivity index (χ0) is 18.6. The van der Waals surface area contributed by atoms with E-state index in [1.54, 1.807) is 6.07 Å². The average Bonchev–Trinajstić information content (AvgIpc) is 3.09. The van der Waals surface area contributed by atoms with Gasteiger partial charge in [-0.2, -0.15) is 0 Å². The van der Waals surface area contributed by atoms with Crippen molar-refractivity contribution in [2.45, 2.75) is 13.0 Å². The van der Waals surface area contributed by atoms with Gasteiger partial charge in [-0.05, 0) is 53.8 Å². The average molecular weight is 366 g/mol. The molecule has 1 fully saturated rings. The van der Waals surface area contributed by atoms with Crippen LogP contribution in [0.2, 0.25) is 0 Å². The first kappa shape index (κ1) is 17.7. The number of fused-ring (bicyclic) bond motifs is 1. The first-order valence-corrected chi connectivity index (χ1v) is 9.32. The van der Waals surface area contributed by atoms with Crippen molar-refractivity contribution >= 4 is 16.8 Å². The van der Waals surface area contributed by atoms with Crippen LogP contribution in [-0.2, 0) is 17.8 Å². The summed E-state index contributed by atoms with van der Waals surface area (Å²) in [5.41, 5.74) is 2.05. The van der Waals surface area contributed by atoms with Crippen LogP contribution < -0.4 is 0 Å². The van der Waals surface area contributed by atoms with Crippen LogP contribution in [0, 0.1) is 5.82 Å². The van der Waals surface area contributed by atoms with Crippen molar-refractivity contribution in [3.63, 3.8) is 0 Å². The molecule has 0 N–H and O–H groups in total. The molecule has 1 amide bonds. The second-order valence-electron chi connectivity index (χ2n) is 6.97. The fraction of sp³-hybridized carbons (Fsp3) is 0.333. The Bertz CT molecular complexity index is 916. The molecule has 0 unspecified atom stereocenters. The fourth-order valence-corrected chi connectivity index (χ4v) is 3.60. The minimum atomic E-state index is -0.280. The molecule has 27 heavy (non-hydrogen) atoms. The molecular formula is C21H23FN4O. The van der Waals surface area contributed by atoms with Gasteiger partial charge >= 0.3 is 0 Å². The Kier molecular flexibility index (Phi) is 5.16. The Labute approximate surface area is 158 Å². The number of carbonyl (C=O) groups is 1. The van der Waals surface area contributed by atoms with E-state index in [-0.39, 0.29) is 18.3 Å². The summed E-state index contributed by atoms with van der Waals surface area (Å²) >= 11 is 0. The van der Waals surface area contributed by atoms with Crippen LogP contribution in [0.15, 0.2) is 55.0 Å². The summed E-state index contributed by atoms with van der Waals surface area (Å²) < 4.78 is 15.3. The smallest absolute Gasteiger partial charge is 0.242 e. The summed E-state index contributed by atoms with van der Waals surface area (Å²) in [5, 5.41) is 0.949. The standard InChI is InChI=1S/C21H23FN4O/c22-19-2-1-18-6-10-26(20(18)15-19)16-21(27)25-13-11-24(12-14-25)9-5-17-3-7-23-8-4-17/h1-4,6-8,10,15H,5,9,11-14,16H2. The maximum atomic E-state index is 13.5. The van der Waals surface area contributed by atoms with Crippen LogP contribution in [-0.4, -0.2) is 58.0 Å². The van der Waals surface area contributed by atoms with Crippen LogP contribution in [0.1, 0.15) is 5.56 Å². The normalized spacial score (nSPS) is 15.4. The lowest BCUT2D eigenvalue weighted by atomic mass is 10.2. The van der Waals surface area contributed by atoms with E-state index in [2.05, 4.69) is 9.88 Å². The molecule has 140 valence electrons. The van der Waals surface area contributed by atoms with Crippen LogP contribution in [0.25, 0.3) is 10.9 Å². The lowest BCUT2D eigenvalue weighted by Gasteiger charge is -2.35. The van der Waals surface area contributed by atoms with Crippen LogP contribution >= 0.6 is 0 Å². The van der Waals surface area contributed by atoms with Gasteiger partial charge in [0.05, 0.1) is 5.52 Å². The number of halogens is 1. The van der Waals surface area contributed by atoms with Gasteiger partial charge in [-0.3, -0.25) is 14.7 Å². The number of rotatable bonds is 5. The SMILES string of the molecule is O=C(Cn1ccc2ccc(F)cc21)N1CCN(CCc2ccncc2)CC1. The molecule has 4 rings (SSSR count). The van der Waals surface area contributed by atoms with E-state index in [1.807, 2.05) is 46.3 Å². The zero-order valence-electron chi connectivity index (χ0n) is 15.2. The van der Waals surface area contributed by atoms with Crippen molar-refractivity contribution in [2.24, 2.45) is 0 Å². The van der Waals surface area contributed by atoms with Gasteiger partial charge < -0.3 is 9.47 Å². The molecule has 0 radical (unpaired) electrons. The number of benzene rings is 1. The summed E-state index contributed by atoms with van der Waals surface area (Å²) in [6.45, 7) is 4.50. The lowest BCUT2D eigenvalue weighted by molar-refractivity contribution is -0.133. The molecule has 3 heterocycles. The Morgan fingerprint density at radius 1 is 1.04 bits per heavy atom. The van der Waals surface area contributed by atoms with Crippen molar-refractivity contribution in [2.75, 3.05) is 32.7 Å². The monoisotopic (exact) mass is 366 g/mol. The van der Waals surface area contributed by atoms with E-state index in [0.717, 1.165) is 50.0 Å². The van der Waals surface area contributed by atoms with Crippen molar-refractivity contribution in [3.05, 3.63) is 66.4 Å². The van der Waals surface area contributed by atoms with Gasteiger partial charge in [0.15, 0.2) is 0 Å². The van der Waals surface area contributed by atoms with Gasteiger partial charge in [-0.15, -0.1) is 0 Å². The predicted octanol–water partition coefficient (Wildman–Crippen LogP) is 2.56. The predicted molar refractivity (Wildman–Crippen MR) is 103 cm³/mol. The number of nitrogens with zero attached hydrogens (tertiary/aromatic N) is 4. The largest absolute Gasteiger partial charge is 0.339 e. The van der Waals surface area contributed by atoms with E-state index in [0.29, 0.717) is 0 Å². The number of pyridine rings is 1. The lowest BCUT2D eigenvalue weighted by Crippen LogP contribution is -2.49. The van der Waals surface area contributed by atoms with Gasteiger partial charge in [-0.1, -0.05) is 0 Å². The topological polar surface area (TPSA) is 41.4 Å². The second-order valence-corrected chi connectivity index (χ2v) is 6.97. The van der Waals surface area contributed by atoms with Crippen molar-refractivity contribution in [1.82, 2.24) is 19.4 Å². The summed E-state index contributed by atoms with van der Waals surface area (Å²) in [6, 6.07) is 10.7. The van der Waals surface area contributed by atoms with Crippen LogP contribution in [0.4, 0.5) is 4.39 Å². The zero-order valence-corrected chi connectivity index (χ0v) is 15.2. The van der Waals surface area contributed by atoms with Crippen LogP contribution in [0.3, 0.4) is 0 Å². The molecule has 0 atom stereocenters. The third kappa shape index (κ3) is 4.17. The first-order valence-electron chi connectivity index (χ1n) is 9.32. The summed E-state index contributed by atoms with van der Waals surface area (Å²) in [5.74, 6) is -0.191. The number of amides is 1. The Morgan fingerprint density at radius 3 is 2.59 bits per heavy atom. The third-order valence-corrected chi connectivity index (χ3v) is 5.23. The van der Waals surface area contributed by atoms with Gasteiger partial charge in [-0.25, -0.2) is 4.39 Å². The van der Waals surface area contributed by atoms with E-state index < -0.39 is 0 Å². The molecule has 1 aliphatic rings. The summed E-state index contributed by atoms with van der Waals surface area (Å²) in [4.78, 5) is 21.0. The number of hydrogen-bond donors (Lipinski definition) is 0. The quantitative estimate of drug-likeness (QED) is 0.697. The highest BCUT2D eigenvalue weighted by Gasteiger charge is 2.21. The number of aromatic nitrogens is 2. The molecule has 0 spiro atoms. The van der Waals surface area contributed by atoms with Gasteiger partial charge in [0.1, 0.15) is 12.4 Å². The molecule has 0 saturated carbocycles. The third-order valence-electron chi connectivity index (χ3n) is 5.23. The molecule has 5 nitrogen and oxygen atoms in total. The highest BCUT2D eigenvalue weighted by atomic mass is 19.1. The molecule has 2 aromatic heterocycles. The molecule has 1 aliphatic heterocycles. The van der Waals surface area contributed by atoms with Crippen molar-refractivity contribution in [3.8, 4) is 0 Å². The highest BCUT2D eigenvalue weighted by Crippen LogP contribution is 2.17. The van der Waals surface area contributed by atoms with E-state index in [1.165, 1.54) is 17.7 Å². The van der Waals surface area contributed by atoms with Gasteiger partial charge in [0.2, 0.25) is 5.91 Å². The van der Waals surface area contributed by atoms with E-state index >= 15 is 0 Å². The molecule has 3 aromatic rings.